The van der Waals surface area contributed by atoms with Crippen LogP contribution in [0.15, 0.2) is 29.3 Å². The normalized spacial score (nSPS) is 20.5. The van der Waals surface area contributed by atoms with Gasteiger partial charge in [-0.3, -0.25) is 4.90 Å². The first-order chi connectivity index (χ1) is 15.2. The van der Waals surface area contributed by atoms with Gasteiger partial charge in [-0.15, -0.1) is 0 Å². The number of benzene rings is 1. The van der Waals surface area contributed by atoms with Gasteiger partial charge in [0.25, 0.3) is 0 Å². The Morgan fingerprint density at radius 1 is 1.29 bits per heavy atom. The molecule has 174 valence electrons. The van der Waals surface area contributed by atoms with E-state index in [0.717, 1.165) is 77.0 Å². The van der Waals surface area contributed by atoms with Crippen molar-refractivity contribution < 1.29 is 14.2 Å². The molecule has 0 amide bonds. The highest BCUT2D eigenvalue weighted by Crippen LogP contribution is 2.18. The van der Waals surface area contributed by atoms with E-state index in [1.807, 2.05) is 6.07 Å². The molecule has 1 aromatic rings. The van der Waals surface area contributed by atoms with Crippen molar-refractivity contribution in [3.8, 4) is 5.75 Å². The summed E-state index contributed by atoms with van der Waals surface area (Å²) in [5.41, 5.74) is 1.17. The Morgan fingerprint density at radius 3 is 2.90 bits per heavy atom. The zero-order valence-electron chi connectivity index (χ0n) is 19.5. The third kappa shape index (κ3) is 7.66. The van der Waals surface area contributed by atoms with Crippen LogP contribution in [-0.4, -0.2) is 88.6 Å². The second kappa shape index (κ2) is 12.9. The van der Waals surface area contributed by atoms with Gasteiger partial charge in [-0.2, -0.15) is 0 Å². The SMILES string of the molecule is CCNC(=NCc1cccc(OCCN(C)C2CCOCC2)c1)N1CCC(COC)C1. The molecule has 1 atom stereocenters. The van der Waals surface area contributed by atoms with E-state index in [-0.39, 0.29) is 0 Å². The van der Waals surface area contributed by atoms with Gasteiger partial charge in [-0.25, -0.2) is 4.99 Å². The first-order valence-corrected chi connectivity index (χ1v) is 11.7. The molecule has 2 saturated heterocycles. The summed E-state index contributed by atoms with van der Waals surface area (Å²) in [6.45, 7) is 9.85. The molecule has 31 heavy (non-hydrogen) atoms. The van der Waals surface area contributed by atoms with E-state index in [1.54, 1.807) is 7.11 Å². The summed E-state index contributed by atoms with van der Waals surface area (Å²) in [7, 11) is 3.96. The quantitative estimate of drug-likeness (QED) is 0.453. The standard InChI is InChI=1S/C24H40N4O3/c1-4-25-24(28-11-8-21(18-28)19-29-3)26-17-20-6-5-7-23(16-20)31-15-12-27(2)22-9-13-30-14-10-22/h5-7,16,21-22H,4,8-15,17-19H2,1-3H3,(H,25,26). The number of nitrogens with one attached hydrogen (secondary N) is 1. The van der Waals surface area contributed by atoms with Gasteiger partial charge in [0.15, 0.2) is 5.96 Å². The van der Waals surface area contributed by atoms with Crippen molar-refractivity contribution >= 4 is 5.96 Å². The van der Waals surface area contributed by atoms with E-state index in [4.69, 9.17) is 19.2 Å². The van der Waals surface area contributed by atoms with Crippen molar-refractivity contribution in [2.24, 2.45) is 10.9 Å². The Hall–Kier alpha value is -1.83. The molecular weight excluding hydrogens is 392 g/mol. The smallest absolute Gasteiger partial charge is 0.194 e. The summed E-state index contributed by atoms with van der Waals surface area (Å²) >= 11 is 0. The van der Waals surface area contributed by atoms with Crippen molar-refractivity contribution in [3.05, 3.63) is 29.8 Å². The maximum atomic E-state index is 6.04. The number of likely N-dealkylation sites (N-methyl/N-ethyl adjacent to an activating group) is 1. The molecular formula is C24H40N4O3. The minimum absolute atomic E-state index is 0.588. The minimum atomic E-state index is 0.588. The molecule has 2 heterocycles. The summed E-state index contributed by atoms with van der Waals surface area (Å²) in [5, 5.41) is 3.44. The maximum absolute atomic E-state index is 6.04. The van der Waals surface area contributed by atoms with E-state index in [0.29, 0.717) is 25.1 Å². The number of likely N-dealkylation sites (tertiary alicyclic amines) is 1. The van der Waals surface area contributed by atoms with Gasteiger partial charge < -0.3 is 24.4 Å². The average molecular weight is 433 g/mol. The summed E-state index contributed by atoms with van der Waals surface area (Å²) in [4.78, 5) is 9.63. The number of aliphatic imine (C=N–C) groups is 1. The first-order valence-electron chi connectivity index (χ1n) is 11.7. The van der Waals surface area contributed by atoms with Crippen LogP contribution in [0.2, 0.25) is 0 Å². The van der Waals surface area contributed by atoms with Crippen LogP contribution in [0.4, 0.5) is 0 Å². The van der Waals surface area contributed by atoms with E-state index in [1.165, 1.54) is 5.56 Å². The fourth-order valence-corrected chi connectivity index (χ4v) is 4.34. The molecule has 0 saturated carbocycles. The number of hydrogen-bond acceptors (Lipinski definition) is 5. The predicted octanol–water partition coefficient (Wildman–Crippen LogP) is 2.61. The molecule has 1 aromatic carbocycles. The fraction of sp³-hybridized carbons (Fsp3) is 0.708. The van der Waals surface area contributed by atoms with Crippen LogP contribution >= 0.6 is 0 Å². The number of rotatable bonds is 10. The third-order valence-corrected chi connectivity index (χ3v) is 6.16. The van der Waals surface area contributed by atoms with Crippen LogP contribution in [0.3, 0.4) is 0 Å². The number of methoxy groups -OCH3 is 1. The lowest BCUT2D eigenvalue weighted by Crippen LogP contribution is -2.40. The Kier molecular flexibility index (Phi) is 9.90. The number of hydrogen-bond donors (Lipinski definition) is 1. The van der Waals surface area contributed by atoms with Gasteiger partial charge in [-0.1, -0.05) is 12.1 Å². The lowest BCUT2D eigenvalue weighted by molar-refractivity contribution is 0.0392. The van der Waals surface area contributed by atoms with Crippen molar-refractivity contribution in [3.63, 3.8) is 0 Å². The lowest BCUT2D eigenvalue weighted by atomic mass is 10.1. The van der Waals surface area contributed by atoms with Gasteiger partial charge in [0.2, 0.25) is 0 Å². The molecule has 2 aliphatic heterocycles. The van der Waals surface area contributed by atoms with E-state index in [2.05, 4.69) is 47.3 Å². The molecule has 2 aliphatic rings. The molecule has 0 aromatic heterocycles. The largest absolute Gasteiger partial charge is 0.492 e. The van der Waals surface area contributed by atoms with Crippen molar-refractivity contribution in [2.45, 2.75) is 38.8 Å². The monoisotopic (exact) mass is 432 g/mol. The fourth-order valence-electron chi connectivity index (χ4n) is 4.34. The van der Waals surface area contributed by atoms with Crippen LogP contribution in [0.1, 0.15) is 31.7 Å². The topological polar surface area (TPSA) is 58.6 Å². The zero-order chi connectivity index (χ0) is 21.9. The Morgan fingerprint density at radius 2 is 2.13 bits per heavy atom. The molecule has 0 aliphatic carbocycles. The Bertz CT molecular complexity index is 679. The van der Waals surface area contributed by atoms with Gasteiger partial charge in [0.1, 0.15) is 12.4 Å². The van der Waals surface area contributed by atoms with Crippen molar-refractivity contribution in [1.29, 1.82) is 0 Å². The maximum Gasteiger partial charge on any atom is 0.194 e. The van der Waals surface area contributed by atoms with Crippen LogP contribution in [0.5, 0.6) is 5.75 Å². The summed E-state index contributed by atoms with van der Waals surface area (Å²) < 4.78 is 16.8. The van der Waals surface area contributed by atoms with Crippen molar-refractivity contribution in [1.82, 2.24) is 15.1 Å². The first kappa shape index (κ1) is 23.8. The lowest BCUT2D eigenvalue weighted by Gasteiger charge is -2.31. The summed E-state index contributed by atoms with van der Waals surface area (Å²) in [6.07, 6.45) is 3.38. The van der Waals surface area contributed by atoms with Gasteiger partial charge in [-0.05, 0) is 50.9 Å². The third-order valence-electron chi connectivity index (χ3n) is 6.16. The van der Waals surface area contributed by atoms with E-state index in [9.17, 15) is 0 Å². The van der Waals surface area contributed by atoms with Crippen LogP contribution < -0.4 is 10.1 Å². The number of guanidine groups is 1. The Labute approximate surface area is 187 Å². The molecule has 7 nitrogen and oxygen atoms in total. The second-order valence-electron chi connectivity index (χ2n) is 8.55. The Balaban J connectivity index is 1.49. The van der Waals surface area contributed by atoms with Crippen molar-refractivity contribution in [2.75, 3.05) is 66.8 Å². The summed E-state index contributed by atoms with van der Waals surface area (Å²) in [5.74, 6) is 2.50. The van der Waals surface area contributed by atoms with Gasteiger partial charge >= 0.3 is 0 Å². The van der Waals surface area contributed by atoms with E-state index < -0.39 is 0 Å². The number of ether oxygens (including phenoxy) is 3. The molecule has 3 rings (SSSR count). The molecule has 0 radical (unpaired) electrons. The molecule has 0 bridgehead atoms. The number of nitrogens with zero attached hydrogens (tertiary/aromatic N) is 3. The average Bonchev–Trinajstić information content (AvgIpc) is 3.26. The predicted molar refractivity (Wildman–Crippen MR) is 125 cm³/mol. The molecule has 2 fully saturated rings. The minimum Gasteiger partial charge on any atom is -0.492 e. The van der Waals surface area contributed by atoms with Crippen LogP contribution in [-0.2, 0) is 16.0 Å². The van der Waals surface area contributed by atoms with Crippen LogP contribution in [0.25, 0.3) is 0 Å². The molecule has 7 heteroatoms. The highest BCUT2D eigenvalue weighted by Gasteiger charge is 2.24. The van der Waals surface area contributed by atoms with Gasteiger partial charge in [0.05, 0.1) is 13.2 Å². The zero-order valence-corrected chi connectivity index (χ0v) is 19.5. The molecule has 1 unspecified atom stereocenters. The second-order valence-corrected chi connectivity index (χ2v) is 8.55. The van der Waals surface area contributed by atoms with Gasteiger partial charge in [0, 0.05) is 58.5 Å². The highest BCUT2D eigenvalue weighted by molar-refractivity contribution is 5.80. The summed E-state index contributed by atoms with van der Waals surface area (Å²) in [6, 6.07) is 8.92. The highest BCUT2D eigenvalue weighted by atomic mass is 16.5. The molecule has 0 spiro atoms. The molecule has 1 N–H and O–H groups in total. The van der Waals surface area contributed by atoms with Crippen LogP contribution in [0, 0.1) is 5.92 Å². The van der Waals surface area contributed by atoms with E-state index >= 15 is 0 Å².